The molecule has 0 aromatic heterocycles. The summed E-state index contributed by atoms with van der Waals surface area (Å²) in [6.45, 7) is 9.57. The van der Waals surface area contributed by atoms with Gasteiger partial charge in [-0.05, 0) is 37.5 Å². The minimum Gasteiger partial charge on any atom is -0.462 e. The molecule has 588 valence electrons. The molecule has 99 heavy (non-hydrogen) atoms. The number of carbonyl (C=O) groups is 4. The monoisotopic (exact) mass is 1450 g/mol. The van der Waals surface area contributed by atoms with E-state index in [0.717, 1.165) is 95.8 Å². The summed E-state index contributed by atoms with van der Waals surface area (Å²) in [5, 5.41) is 10.6. The topological polar surface area (TPSA) is 237 Å². The fraction of sp³-hybridized carbons (Fsp3) is 0.950. The van der Waals surface area contributed by atoms with Crippen LogP contribution in [0.4, 0.5) is 0 Å². The van der Waals surface area contributed by atoms with Crippen molar-refractivity contribution in [3.8, 4) is 0 Å². The van der Waals surface area contributed by atoms with Gasteiger partial charge in [-0.25, -0.2) is 9.13 Å². The van der Waals surface area contributed by atoms with Crippen molar-refractivity contribution in [3.05, 3.63) is 0 Å². The molecule has 5 atom stereocenters. The fourth-order valence-corrected chi connectivity index (χ4v) is 13.9. The Morgan fingerprint density at radius 2 is 0.465 bits per heavy atom. The van der Waals surface area contributed by atoms with E-state index in [2.05, 4.69) is 41.5 Å². The van der Waals surface area contributed by atoms with Gasteiger partial charge in [0.05, 0.1) is 26.4 Å². The average molecular weight is 1450 g/mol. The van der Waals surface area contributed by atoms with Crippen molar-refractivity contribution < 1.29 is 80.2 Å². The molecule has 0 rings (SSSR count). The number of rotatable bonds is 79. The van der Waals surface area contributed by atoms with Gasteiger partial charge in [0.15, 0.2) is 12.2 Å². The van der Waals surface area contributed by atoms with E-state index in [1.54, 1.807) is 0 Å². The molecular formula is C80H156O17P2. The Morgan fingerprint density at radius 1 is 0.273 bits per heavy atom. The highest BCUT2D eigenvalue weighted by Crippen LogP contribution is 2.45. The number of hydrogen-bond acceptors (Lipinski definition) is 15. The highest BCUT2D eigenvalue weighted by Gasteiger charge is 2.30. The molecule has 0 aliphatic heterocycles. The van der Waals surface area contributed by atoms with Crippen LogP contribution in [-0.2, 0) is 65.4 Å². The first-order chi connectivity index (χ1) is 47.9. The third-order valence-electron chi connectivity index (χ3n) is 18.7. The maximum atomic E-state index is 13.1. The Morgan fingerprint density at radius 3 is 0.687 bits per heavy atom. The lowest BCUT2D eigenvalue weighted by Crippen LogP contribution is -2.30. The molecule has 0 aromatic rings. The van der Waals surface area contributed by atoms with Crippen LogP contribution in [-0.4, -0.2) is 96.7 Å². The molecule has 0 fully saturated rings. The van der Waals surface area contributed by atoms with Crippen LogP contribution >= 0.6 is 15.6 Å². The first kappa shape index (κ1) is 97.1. The first-order valence-electron chi connectivity index (χ1n) is 41.5. The number of unbranched alkanes of at least 4 members (excludes halogenated alkanes) is 49. The quantitative estimate of drug-likeness (QED) is 0.0222. The first-order valence-corrected chi connectivity index (χ1v) is 44.5. The van der Waals surface area contributed by atoms with Gasteiger partial charge in [-0.2, -0.15) is 0 Å². The zero-order valence-electron chi connectivity index (χ0n) is 64.8. The molecule has 0 aliphatic carbocycles. The van der Waals surface area contributed by atoms with Crippen molar-refractivity contribution in [2.24, 2.45) is 11.8 Å². The smallest absolute Gasteiger partial charge is 0.462 e. The van der Waals surface area contributed by atoms with Crippen LogP contribution in [0, 0.1) is 11.8 Å². The van der Waals surface area contributed by atoms with Gasteiger partial charge in [0, 0.05) is 25.7 Å². The minimum atomic E-state index is -4.96. The predicted octanol–water partition coefficient (Wildman–Crippen LogP) is 23.9. The van der Waals surface area contributed by atoms with Crippen LogP contribution in [0.15, 0.2) is 0 Å². The summed E-state index contributed by atoms with van der Waals surface area (Å²) in [6, 6.07) is 0. The second kappa shape index (κ2) is 71.7. The van der Waals surface area contributed by atoms with Crippen LogP contribution < -0.4 is 0 Å². The summed E-state index contributed by atoms with van der Waals surface area (Å²) >= 11 is 0. The van der Waals surface area contributed by atoms with Gasteiger partial charge < -0.3 is 33.8 Å². The molecule has 0 heterocycles. The Labute approximate surface area is 607 Å². The van der Waals surface area contributed by atoms with Crippen LogP contribution in [0.2, 0.25) is 0 Å². The number of phosphoric acid groups is 2. The summed E-state index contributed by atoms with van der Waals surface area (Å²) in [5.74, 6) is -0.607. The second-order valence-corrected chi connectivity index (χ2v) is 32.7. The molecule has 0 aromatic carbocycles. The zero-order valence-corrected chi connectivity index (χ0v) is 66.6. The molecule has 0 bridgehead atoms. The lowest BCUT2D eigenvalue weighted by molar-refractivity contribution is -0.161. The van der Waals surface area contributed by atoms with Crippen LogP contribution in [0.3, 0.4) is 0 Å². The summed E-state index contributed by atoms with van der Waals surface area (Å²) in [6.07, 6.45) is 61.4. The summed E-state index contributed by atoms with van der Waals surface area (Å²) in [4.78, 5) is 72.8. The fourth-order valence-electron chi connectivity index (χ4n) is 12.4. The highest BCUT2D eigenvalue weighted by atomic mass is 31.2. The van der Waals surface area contributed by atoms with Crippen LogP contribution in [0.25, 0.3) is 0 Å². The predicted molar refractivity (Wildman–Crippen MR) is 405 cm³/mol. The molecule has 0 aliphatic rings. The highest BCUT2D eigenvalue weighted by molar-refractivity contribution is 7.47. The largest absolute Gasteiger partial charge is 0.472 e. The van der Waals surface area contributed by atoms with E-state index < -0.39 is 97.5 Å². The summed E-state index contributed by atoms with van der Waals surface area (Å²) in [5.41, 5.74) is 0. The van der Waals surface area contributed by atoms with Gasteiger partial charge in [0.2, 0.25) is 0 Å². The van der Waals surface area contributed by atoms with Gasteiger partial charge in [0.1, 0.15) is 19.3 Å². The Kier molecular flexibility index (Phi) is 70.3. The van der Waals surface area contributed by atoms with E-state index in [4.69, 9.17) is 37.0 Å². The normalized spacial score (nSPS) is 13.9. The molecule has 19 heteroatoms. The van der Waals surface area contributed by atoms with Gasteiger partial charge in [0.25, 0.3) is 0 Å². The lowest BCUT2D eigenvalue weighted by Gasteiger charge is -2.21. The van der Waals surface area contributed by atoms with Crippen molar-refractivity contribution in [1.82, 2.24) is 0 Å². The number of carbonyl (C=O) groups excluding carboxylic acids is 4. The maximum Gasteiger partial charge on any atom is 0.472 e. The minimum absolute atomic E-state index is 0.104. The SMILES string of the molecule is CCCCCCCCCCCCCCCCCCCCCCCC(=O)O[C@H](COC(=O)CCCCCCCCCCCCCCCCCCC(C)C)COP(=O)(O)OC[C@@H](O)COP(=O)(O)OC[C@@H](COC(=O)CCCCCCCCCCC)OC(=O)CCCCCCCCCC(C)C. The van der Waals surface area contributed by atoms with E-state index in [-0.39, 0.29) is 25.7 Å². The third kappa shape index (κ3) is 74.1. The molecule has 2 unspecified atom stereocenters. The Balaban J connectivity index is 5.17. The number of phosphoric ester groups is 2. The molecule has 0 radical (unpaired) electrons. The Bertz CT molecular complexity index is 1910. The second-order valence-electron chi connectivity index (χ2n) is 29.8. The number of aliphatic hydroxyl groups is 1. The molecule has 17 nitrogen and oxygen atoms in total. The molecule has 0 amide bonds. The van der Waals surface area contributed by atoms with E-state index in [9.17, 15) is 43.2 Å². The van der Waals surface area contributed by atoms with Crippen LogP contribution in [0.1, 0.15) is 420 Å². The van der Waals surface area contributed by atoms with Crippen LogP contribution in [0.5, 0.6) is 0 Å². The molecule has 0 saturated heterocycles. The lowest BCUT2D eigenvalue weighted by atomic mass is 10.0. The average Bonchev–Trinajstić information content (AvgIpc) is 0.999. The maximum absolute atomic E-state index is 13.1. The molecule has 0 saturated carbocycles. The summed E-state index contributed by atoms with van der Waals surface area (Å²) < 4.78 is 68.6. The number of hydrogen-bond donors (Lipinski definition) is 3. The van der Waals surface area contributed by atoms with Crippen molar-refractivity contribution in [2.45, 2.75) is 439 Å². The van der Waals surface area contributed by atoms with Gasteiger partial charge in [-0.15, -0.1) is 0 Å². The number of aliphatic hydroxyl groups excluding tert-OH is 1. The summed E-state index contributed by atoms with van der Waals surface area (Å²) in [7, 11) is -9.91. The molecule has 3 N–H and O–H groups in total. The van der Waals surface area contributed by atoms with Gasteiger partial charge >= 0.3 is 39.5 Å². The standard InChI is InChI=1S/C80H156O17P2/c1-7-9-11-13-15-17-18-19-20-21-22-23-24-25-30-33-36-40-46-52-58-64-79(84)96-75(68-91-78(83)63-57-51-45-39-35-32-29-27-26-28-31-34-38-42-48-54-60-72(3)4)70-94-98(86,87)92-66-74(81)67-93-99(88,89)95-71-76(69-90-77(82)62-56-50-44-37-16-14-12-10-8-2)97-80(85)65-59-53-47-41-43-49-55-61-73(5)6/h72-76,81H,7-71H2,1-6H3,(H,86,87)(H,88,89)/t74-,75-,76-/m1/s1. The van der Waals surface area contributed by atoms with E-state index in [0.29, 0.717) is 31.6 Å². The third-order valence-corrected chi connectivity index (χ3v) is 20.6. The van der Waals surface area contributed by atoms with E-state index in [1.165, 1.54) is 238 Å². The van der Waals surface area contributed by atoms with Gasteiger partial charge in [-0.1, -0.05) is 369 Å². The van der Waals surface area contributed by atoms with Gasteiger partial charge in [-0.3, -0.25) is 37.3 Å². The Hall–Kier alpha value is -1.94. The zero-order chi connectivity index (χ0) is 72.8. The van der Waals surface area contributed by atoms with Crippen molar-refractivity contribution in [3.63, 3.8) is 0 Å². The van der Waals surface area contributed by atoms with Crippen molar-refractivity contribution in [2.75, 3.05) is 39.6 Å². The van der Waals surface area contributed by atoms with E-state index in [1.807, 2.05) is 0 Å². The molecular weight excluding hydrogens is 1290 g/mol. The molecule has 0 spiro atoms. The van der Waals surface area contributed by atoms with Crippen molar-refractivity contribution >= 4 is 39.5 Å². The number of ether oxygens (including phenoxy) is 4. The van der Waals surface area contributed by atoms with Crippen molar-refractivity contribution in [1.29, 1.82) is 0 Å². The van der Waals surface area contributed by atoms with E-state index >= 15 is 0 Å². The number of esters is 4.